The summed E-state index contributed by atoms with van der Waals surface area (Å²) >= 11 is 10.2. The second kappa shape index (κ2) is 7.78. The number of nitrogens with zero attached hydrogens (tertiary/aromatic N) is 3. The van der Waals surface area contributed by atoms with Crippen molar-refractivity contribution in [2.24, 2.45) is 0 Å². The molecule has 0 saturated heterocycles. The summed E-state index contributed by atoms with van der Waals surface area (Å²) in [5.41, 5.74) is 3.05. The summed E-state index contributed by atoms with van der Waals surface area (Å²) in [7, 11) is 0. The van der Waals surface area contributed by atoms with Crippen LogP contribution in [-0.2, 0) is 0 Å². The van der Waals surface area contributed by atoms with Crippen molar-refractivity contribution in [3.63, 3.8) is 0 Å². The highest BCUT2D eigenvalue weighted by Crippen LogP contribution is 2.42. The summed E-state index contributed by atoms with van der Waals surface area (Å²) in [5.74, 6) is -0.146. The Morgan fingerprint density at radius 3 is 2.93 bits per heavy atom. The van der Waals surface area contributed by atoms with Crippen molar-refractivity contribution in [3.8, 4) is 6.07 Å². The highest BCUT2D eigenvalue weighted by Gasteiger charge is 2.24. The molecule has 0 fully saturated rings. The van der Waals surface area contributed by atoms with E-state index >= 15 is 0 Å². The molecule has 0 N–H and O–H groups in total. The van der Waals surface area contributed by atoms with Crippen molar-refractivity contribution in [2.45, 2.75) is 12.3 Å². The summed E-state index contributed by atoms with van der Waals surface area (Å²) in [4.78, 5) is 27.4. The van der Waals surface area contributed by atoms with Crippen LogP contribution < -0.4 is 5.56 Å². The lowest BCUT2D eigenvalue weighted by Gasteiger charge is -2.23. The van der Waals surface area contributed by atoms with Gasteiger partial charge in [-0.3, -0.25) is 14.0 Å². The van der Waals surface area contributed by atoms with Gasteiger partial charge in [-0.1, -0.05) is 35.9 Å². The standard InChI is InChI=1S/C22H13BrClN3O2/c23-19-6-2-4-16(18(19)10-25)17-5-1-3-15(21(17)24)13-7-8-27-20(9-13)26-11-14(12-28)22(27)29/h1-4,6-9,11-12,17H,5H2. The van der Waals surface area contributed by atoms with Crippen LogP contribution in [-0.4, -0.2) is 15.7 Å². The minimum Gasteiger partial charge on any atom is -0.298 e. The molecule has 0 bridgehead atoms. The number of halogens is 2. The second-order valence-corrected chi connectivity index (χ2v) is 7.81. The van der Waals surface area contributed by atoms with Crippen LogP contribution in [0.4, 0.5) is 0 Å². The van der Waals surface area contributed by atoms with Gasteiger partial charge in [-0.15, -0.1) is 0 Å². The number of rotatable bonds is 3. The maximum absolute atomic E-state index is 12.3. The summed E-state index contributed by atoms with van der Waals surface area (Å²) < 4.78 is 2.06. The number of fused-ring (bicyclic) bond motifs is 1. The molecule has 1 unspecified atom stereocenters. The number of aldehydes is 1. The molecule has 0 spiro atoms. The van der Waals surface area contributed by atoms with Crippen molar-refractivity contribution in [1.29, 1.82) is 5.26 Å². The lowest BCUT2D eigenvalue weighted by atomic mass is 9.85. The van der Waals surface area contributed by atoms with Crippen molar-refractivity contribution in [3.05, 3.63) is 97.0 Å². The van der Waals surface area contributed by atoms with Crippen molar-refractivity contribution in [2.75, 3.05) is 0 Å². The highest BCUT2D eigenvalue weighted by molar-refractivity contribution is 9.10. The third kappa shape index (κ3) is 3.33. The lowest BCUT2D eigenvalue weighted by Crippen LogP contribution is -2.18. The number of benzene rings is 1. The van der Waals surface area contributed by atoms with Gasteiger partial charge in [0.05, 0.1) is 11.1 Å². The number of carbonyl (C=O) groups excluding carboxylic acids is 1. The quantitative estimate of drug-likeness (QED) is 0.518. The van der Waals surface area contributed by atoms with Gasteiger partial charge in [0.15, 0.2) is 6.29 Å². The van der Waals surface area contributed by atoms with Crippen LogP contribution in [0.2, 0.25) is 0 Å². The summed E-state index contributed by atoms with van der Waals surface area (Å²) in [6.07, 6.45) is 7.99. The number of allylic oxidation sites excluding steroid dienone is 4. The van der Waals surface area contributed by atoms with E-state index in [0.717, 1.165) is 21.2 Å². The average molecular weight is 467 g/mol. The molecule has 1 aliphatic carbocycles. The van der Waals surface area contributed by atoms with Gasteiger partial charge < -0.3 is 0 Å². The van der Waals surface area contributed by atoms with E-state index < -0.39 is 5.56 Å². The van der Waals surface area contributed by atoms with Gasteiger partial charge in [0, 0.05) is 27.8 Å². The number of aromatic nitrogens is 2. The predicted octanol–water partition coefficient (Wildman–Crippen LogP) is 4.83. The van der Waals surface area contributed by atoms with Crippen LogP contribution in [0.3, 0.4) is 0 Å². The lowest BCUT2D eigenvalue weighted by molar-refractivity contribution is 0.112. The Morgan fingerprint density at radius 1 is 1.34 bits per heavy atom. The molecule has 0 aliphatic heterocycles. The molecule has 29 heavy (non-hydrogen) atoms. The maximum atomic E-state index is 12.3. The van der Waals surface area contributed by atoms with Crippen molar-refractivity contribution < 1.29 is 4.79 Å². The highest BCUT2D eigenvalue weighted by atomic mass is 79.9. The van der Waals surface area contributed by atoms with Crippen LogP contribution in [0, 0.1) is 11.3 Å². The van der Waals surface area contributed by atoms with Crippen LogP contribution in [0.1, 0.15) is 39.4 Å². The first kappa shape index (κ1) is 19.3. The van der Waals surface area contributed by atoms with Crippen molar-refractivity contribution >= 4 is 45.0 Å². The summed E-state index contributed by atoms with van der Waals surface area (Å²) in [6.45, 7) is 0. The largest absolute Gasteiger partial charge is 0.298 e. The maximum Gasteiger partial charge on any atom is 0.268 e. The summed E-state index contributed by atoms with van der Waals surface area (Å²) in [6, 6.07) is 11.4. The summed E-state index contributed by atoms with van der Waals surface area (Å²) in [5, 5.41) is 10.2. The number of pyridine rings is 1. The SMILES string of the molecule is N#Cc1c(Br)cccc1C1CC=CC(c2ccn3c(=O)c(C=O)cnc3c2)=C1Cl. The number of hydrogen-bond acceptors (Lipinski definition) is 4. The molecule has 2 heterocycles. The minimum absolute atomic E-state index is 0.00353. The average Bonchev–Trinajstić information content (AvgIpc) is 2.74. The van der Waals surface area contributed by atoms with E-state index in [4.69, 9.17) is 11.6 Å². The molecule has 7 heteroatoms. The number of carbonyl (C=O) groups is 1. The fraction of sp³-hybridized carbons (Fsp3) is 0.0909. The minimum atomic E-state index is -0.415. The molecule has 0 amide bonds. The molecule has 1 aliphatic rings. The van der Waals surface area contributed by atoms with Crippen LogP contribution in [0.5, 0.6) is 0 Å². The van der Waals surface area contributed by atoms with Gasteiger partial charge in [0.25, 0.3) is 5.56 Å². The Labute approximate surface area is 179 Å². The Bertz CT molecular complexity index is 1320. The fourth-order valence-electron chi connectivity index (χ4n) is 3.48. The van der Waals surface area contributed by atoms with Gasteiger partial charge in [-0.05, 0) is 57.2 Å². The van der Waals surface area contributed by atoms with E-state index in [1.54, 1.807) is 18.3 Å². The van der Waals surface area contributed by atoms with E-state index in [1.807, 2.05) is 30.4 Å². The van der Waals surface area contributed by atoms with Crippen LogP contribution >= 0.6 is 27.5 Å². The number of hydrogen-bond donors (Lipinski definition) is 0. The predicted molar refractivity (Wildman–Crippen MR) is 115 cm³/mol. The first-order chi connectivity index (χ1) is 14.0. The molecule has 1 aromatic carbocycles. The van der Waals surface area contributed by atoms with E-state index in [2.05, 4.69) is 27.0 Å². The smallest absolute Gasteiger partial charge is 0.268 e. The molecule has 5 nitrogen and oxygen atoms in total. The molecule has 1 atom stereocenters. The Kier molecular flexibility index (Phi) is 5.18. The van der Waals surface area contributed by atoms with E-state index in [1.165, 1.54) is 10.6 Å². The monoisotopic (exact) mass is 465 g/mol. The van der Waals surface area contributed by atoms with Gasteiger partial charge in [-0.2, -0.15) is 5.26 Å². The Balaban J connectivity index is 1.84. The Hall–Kier alpha value is -3.01. The fourth-order valence-corrected chi connectivity index (χ4v) is 4.33. The molecular weight excluding hydrogens is 454 g/mol. The van der Waals surface area contributed by atoms with Crippen molar-refractivity contribution in [1.82, 2.24) is 9.38 Å². The Morgan fingerprint density at radius 2 is 2.17 bits per heavy atom. The van der Waals surface area contributed by atoms with Gasteiger partial charge >= 0.3 is 0 Å². The molecule has 0 radical (unpaired) electrons. The van der Waals surface area contributed by atoms with E-state index in [0.29, 0.717) is 28.9 Å². The normalized spacial score (nSPS) is 16.1. The molecule has 0 saturated carbocycles. The number of nitriles is 1. The van der Waals surface area contributed by atoms with E-state index in [9.17, 15) is 14.9 Å². The van der Waals surface area contributed by atoms with Gasteiger partial charge in [0.2, 0.25) is 0 Å². The molecular formula is C22H13BrClN3O2. The zero-order chi connectivity index (χ0) is 20.5. The van der Waals surface area contributed by atoms with Crippen LogP contribution in [0.25, 0.3) is 11.2 Å². The third-order valence-corrected chi connectivity index (χ3v) is 6.05. The third-order valence-electron chi connectivity index (χ3n) is 4.93. The molecule has 4 rings (SSSR count). The zero-order valence-electron chi connectivity index (χ0n) is 15.0. The van der Waals surface area contributed by atoms with E-state index in [-0.39, 0.29) is 11.5 Å². The first-order valence-corrected chi connectivity index (χ1v) is 9.94. The molecule has 142 valence electrons. The molecule has 3 aromatic rings. The molecule has 2 aromatic heterocycles. The first-order valence-electron chi connectivity index (χ1n) is 8.77. The van der Waals surface area contributed by atoms with Gasteiger partial charge in [0.1, 0.15) is 11.7 Å². The zero-order valence-corrected chi connectivity index (χ0v) is 17.3. The van der Waals surface area contributed by atoms with Crippen LogP contribution in [0.15, 0.2) is 69.2 Å². The van der Waals surface area contributed by atoms with Gasteiger partial charge in [-0.25, -0.2) is 4.98 Å². The second-order valence-electron chi connectivity index (χ2n) is 6.55. The topological polar surface area (TPSA) is 75.2 Å².